The fourth-order valence-electron chi connectivity index (χ4n) is 4.74. The van der Waals surface area contributed by atoms with Crippen molar-refractivity contribution in [1.82, 2.24) is 9.97 Å². The van der Waals surface area contributed by atoms with Crippen molar-refractivity contribution in [3.05, 3.63) is 124 Å². The zero-order chi connectivity index (χ0) is 24.6. The molecule has 0 saturated heterocycles. The molecule has 0 amide bonds. The van der Waals surface area contributed by atoms with Crippen molar-refractivity contribution in [2.45, 2.75) is 26.3 Å². The zero-order valence-electron chi connectivity index (χ0n) is 20.2. The highest BCUT2D eigenvalue weighted by Crippen LogP contribution is 2.37. The van der Waals surface area contributed by atoms with Crippen molar-refractivity contribution in [2.75, 3.05) is 5.01 Å². The largest absolute Gasteiger partial charge is 0.247 e. The van der Waals surface area contributed by atoms with Crippen molar-refractivity contribution in [3.8, 4) is 11.3 Å². The summed E-state index contributed by atoms with van der Waals surface area (Å²) >= 11 is 6.18. The molecule has 36 heavy (non-hydrogen) atoms. The van der Waals surface area contributed by atoms with Gasteiger partial charge in [-0.05, 0) is 43.2 Å². The summed E-state index contributed by atoms with van der Waals surface area (Å²) in [6.07, 6.45) is 0.777. The normalized spacial score (nSPS) is 15.4. The Balaban J connectivity index is 1.53. The SMILES string of the molecule is Cc1ccc([C@@H]2CC(c3cccc(C)c3)=NN2c2nc(-c3ccc(Cl)cc3)c3ccccc3n2)cc1. The molecule has 5 heteroatoms. The van der Waals surface area contributed by atoms with Crippen LogP contribution >= 0.6 is 11.6 Å². The lowest BCUT2D eigenvalue weighted by atomic mass is 9.97. The molecule has 0 unspecified atom stereocenters. The number of fused-ring (bicyclic) bond motifs is 1. The second kappa shape index (κ2) is 9.21. The van der Waals surface area contributed by atoms with Crippen LogP contribution in [0, 0.1) is 13.8 Å². The predicted molar refractivity (Wildman–Crippen MR) is 149 cm³/mol. The van der Waals surface area contributed by atoms with Crippen LogP contribution in [-0.2, 0) is 0 Å². The average molecular weight is 489 g/mol. The molecule has 1 atom stereocenters. The minimum absolute atomic E-state index is 0.000317. The minimum Gasteiger partial charge on any atom is -0.223 e. The van der Waals surface area contributed by atoms with Crippen LogP contribution in [0.25, 0.3) is 22.2 Å². The Bertz CT molecular complexity index is 1590. The Labute approximate surface area is 215 Å². The van der Waals surface area contributed by atoms with E-state index in [-0.39, 0.29) is 6.04 Å². The molecule has 4 aromatic carbocycles. The van der Waals surface area contributed by atoms with Gasteiger partial charge in [0, 0.05) is 22.4 Å². The average Bonchev–Trinajstić information content (AvgIpc) is 3.35. The number of hydrazone groups is 1. The fourth-order valence-corrected chi connectivity index (χ4v) is 4.86. The molecular formula is C31H25ClN4. The molecular weight excluding hydrogens is 464 g/mol. The number of aryl methyl sites for hydroxylation is 2. The highest BCUT2D eigenvalue weighted by Gasteiger charge is 2.32. The predicted octanol–water partition coefficient (Wildman–Crippen LogP) is 7.92. The number of hydrogen-bond acceptors (Lipinski definition) is 4. The van der Waals surface area contributed by atoms with Gasteiger partial charge in [-0.15, -0.1) is 0 Å². The van der Waals surface area contributed by atoms with Gasteiger partial charge >= 0.3 is 0 Å². The molecule has 5 aromatic rings. The number of nitrogens with zero attached hydrogens (tertiary/aromatic N) is 4. The molecule has 0 N–H and O–H groups in total. The van der Waals surface area contributed by atoms with E-state index in [0.717, 1.165) is 39.9 Å². The van der Waals surface area contributed by atoms with E-state index in [1.807, 2.05) is 47.5 Å². The number of rotatable bonds is 4. The monoisotopic (exact) mass is 488 g/mol. The molecule has 0 aliphatic carbocycles. The molecule has 0 radical (unpaired) electrons. The van der Waals surface area contributed by atoms with Gasteiger partial charge in [0.05, 0.1) is 23.0 Å². The summed E-state index contributed by atoms with van der Waals surface area (Å²) < 4.78 is 0. The highest BCUT2D eigenvalue weighted by atomic mass is 35.5. The maximum atomic E-state index is 6.18. The topological polar surface area (TPSA) is 41.4 Å². The van der Waals surface area contributed by atoms with Gasteiger partial charge in [-0.1, -0.05) is 102 Å². The Morgan fingerprint density at radius 3 is 2.31 bits per heavy atom. The fraction of sp³-hybridized carbons (Fsp3) is 0.129. The second-order valence-electron chi connectivity index (χ2n) is 9.29. The third-order valence-electron chi connectivity index (χ3n) is 6.64. The summed E-state index contributed by atoms with van der Waals surface area (Å²) in [7, 11) is 0. The molecule has 2 heterocycles. The number of halogens is 1. The maximum absolute atomic E-state index is 6.18. The lowest BCUT2D eigenvalue weighted by Gasteiger charge is -2.23. The molecule has 0 fully saturated rings. The summed E-state index contributed by atoms with van der Waals surface area (Å²) in [5.74, 6) is 0.590. The maximum Gasteiger partial charge on any atom is 0.247 e. The third kappa shape index (κ3) is 4.25. The van der Waals surface area contributed by atoms with Crippen molar-refractivity contribution in [1.29, 1.82) is 0 Å². The van der Waals surface area contributed by atoms with E-state index >= 15 is 0 Å². The van der Waals surface area contributed by atoms with Gasteiger partial charge in [0.15, 0.2) is 0 Å². The van der Waals surface area contributed by atoms with E-state index in [1.165, 1.54) is 16.7 Å². The van der Waals surface area contributed by atoms with Gasteiger partial charge in [0.25, 0.3) is 0 Å². The number of hydrogen-bond donors (Lipinski definition) is 0. The van der Waals surface area contributed by atoms with Gasteiger partial charge in [0.2, 0.25) is 5.95 Å². The quantitative estimate of drug-likeness (QED) is 0.258. The van der Waals surface area contributed by atoms with Crippen molar-refractivity contribution in [3.63, 3.8) is 0 Å². The second-order valence-corrected chi connectivity index (χ2v) is 9.72. The van der Waals surface area contributed by atoms with Crippen LogP contribution in [0.5, 0.6) is 0 Å². The van der Waals surface area contributed by atoms with E-state index in [4.69, 9.17) is 26.7 Å². The Morgan fingerprint density at radius 2 is 1.53 bits per heavy atom. The molecule has 1 aromatic heterocycles. The van der Waals surface area contributed by atoms with Crippen molar-refractivity contribution >= 4 is 34.2 Å². The first-order chi connectivity index (χ1) is 17.5. The third-order valence-corrected chi connectivity index (χ3v) is 6.89. The summed E-state index contributed by atoms with van der Waals surface area (Å²) in [6.45, 7) is 4.22. The number of benzene rings is 4. The van der Waals surface area contributed by atoms with E-state index < -0.39 is 0 Å². The molecule has 1 aliphatic heterocycles. The van der Waals surface area contributed by atoms with Crippen molar-refractivity contribution < 1.29 is 0 Å². The lowest BCUT2D eigenvalue weighted by molar-refractivity contribution is 0.689. The van der Waals surface area contributed by atoms with Crippen LogP contribution in [0.15, 0.2) is 102 Å². The van der Waals surface area contributed by atoms with E-state index in [9.17, 15) is 0 Å². The van der Waals surface area contributed by atoms with Crippen molar-refractivity contribution in [2.24, 2.45) is 5.10 Å². The van der Waals surface area contributed by atoms with Gasteiger partial charge in [-0.2, -0.15) is 5.10 Å². The van der Waals surface area contributed by atoms with Gasteiger partial charge in [0.1, 0.15) is 0 Å². The van der Waals surface area contributed by atoms with E-state index in [2.05, 4.69) is 68.4 Å². The molecule has 1 aliphatic rings. The lowest BCUT2D eigenvalue weighted by Crippen LogP contribution is -2.21. The Hall–Kier alpha value is -4.02. The van der Waals surface area contributed by atoms with E-state index in [1.54, 1.807) is 0 Å². The Morgan fingerprint density at radius 1 is 0.750 bits per heavy atom. The van der Waals surface area contributed by atoms with Gasteiger partial charge in [-0.3, -0.25) is 0 Å². The summed E-state index contributed by atoms with van der Waals surface area (Å²) in [4.78, 5) is 10.1. The minimum atomic E-state index is 0.000317. The molecule has 0 saturated carbocycles. The smallest absolute Gasteiger partial charge is 0.223 e. The number of anilines is 1. The first kappa shape index (κ1) is 22.4. The van der Waals surface area contributed by atoms with Crippen LogP contribution in [0.1, 0.15) is 34.7 Å². The van der Waals surface area contributed by atoms with Crippen LogP contribution < -0.4 is 5.01 Å². The van der Waals surface area contributed by atoms with Crippen LogP contribution in [-0.4, -0.2) is 15.7 Å². The Kier molecular flexibility index (Phi) is 5.74. The van der Waals surface area contributed by atoms with Crippen LogP contribution in [0.2, 0.25) is 5.02 Å². The zero-order valence-corrected chi connectivity index (χ0v) is 20.9. The molecule has 176 valence electrons. The highest BCUT2D eigenvalue weighted by molar-refractivity contribution is 6.30. The molecule has 4 nitrogen and oxygen atoms in total. The van der Waals surface area contributed by atoms with E-state index in [0.29, 0.717) is 11.0 Å². The standard InChI is InChI=1S/C31H25ClN4/c1-20-10-12-22(13-11-20)29-19-28(24-7-5-6-21(2)18-24)35-36(29)31-33-27-9-4-3-8-26(27)30(34-31)23-14-16-25(32)17-15-23/h3-18,29H,19H2,1-2H3/t29-/m0/s1. The summed E-state index contributed by atoms with van der Waals surface area (Å²) in [6, 6.07) is 33.1. The van der Waals surface area contributed by atoms with Gasteiger partial charge < -0.3 is 0 Å². The van der Waals surface area contributed by atoms with Gasteiger partial charge in [-0.25, -0.2) is 15.0 Å². The van der Waals surface area contributed by atoms with Crippen LogP contribution in [0.3, 0.4) is 0 Å². The molecule has 6 rings (SSSR count). The summed E-state index contributed by atoms with van der Waals surface area (Å²) in [5, 5.41) is 8.80. The molecule has 0 spiro atoms. The first-order valence-corrected chi connectivity index (χ1v) is 12.5. The first-order valence-electron chi connectivity index (χ1n) is 12.1. The summed E-state index contributed by atoms with van der Waals surface area (Å²) in [5.41, 5.74) is 8.55. The molecule has 0 bridgehead atoms. The number of para-hydroxylation sites is 1. The number of aromatic nitrogens is 2. The van der Waals surface area contributed by atoms with Crippen LogP contribution in [0.4, 0.5) is 5.95 Å².